The van der Waals surface area contributed by atoms with Gasteiger partial charge in [-0.15, -0.1) is 0 Å². The Balaban J connectivity index is 1.61. The van der Waals surface area contributed by atoms with Gasteiger partial charge in [0.1, 0.15) is 11.8 Å². The number of carbonyl (C=O) groups excluding carboxylic acids is 3. The van der Waals surface area contributed by atoms with Crippen LogP contribution in [0.15, 0.2) is 48.5 Å². The predicted octanol–water partition coefficient (Wildman–Crippen LogP) is 2.77. The van der Waals surface area contributed by atoms with Crippen LogP contribution in [0.4, 0.5) is 11.4 Å². The van der Waals surface area contributed by atoms with Crippen molar-refractivity contribution in [2.45, 2.75) is 26.8 Å². The number of anilines is 2. The van der Waals surface area contributed by atoms with Crippen molar-refractivity contribution in [1.29, 1.82) is 0 Å². The van der Waals surface area contributed by atoms with Gasteiger partial charge in [0.25, 0.3) is 5.91 Å². The van der Waals surface area contributed by atoms with Crippen LogP contribution in [-0.4, -0.2) is 75.2 Å². The first-order valence-corrected chi connectivity index (χ1v) is 12.3. The van der Waals surface area contributed by atoms with Crippen molar-refractivity contribution < 1.29 is 23.9 Å². The first-order valence-electron chi connectivity index (χ1n) is 12.3. The van der Waals surface area contributed by atoms with Crippen LogP contribution in [0.25, 0.3) is 0 Å². The molecule has 1 heterocycles. The molecule has 0 aromatic heterocycles. The molecule has 9 nitrogen and oxygen atoms in total. The van der Waals surface area contributed by atoms with Gasteiger partial charge in [0.05, 0.1) is 32.4 Å². The van der Waals surface area contributed by atoms with E-state index in [1.165, 1.54) is 12.0 Å². The summed E-state index contributed by atoms with van der Waals surface area (Å²) in [6, 6.07) is 13.7. The Kier molecular flexibility index (Phi) is 9.69. The highest BCUT2D eigenvalue weighted by atomic mass is 16.5. The minimum Gasteiger partial charge on any atom is -0.496 e. The summed E-state index contributed by atoms with van der Waals surface area (Å²) >= 11 is 0. The van der Waals surface area contributed by atoms with E-state index < -0.39 is 11.9 Å². The summed E-state index contributed by atoms with van der Waals surface area (Å²) in [5, 5.41) is 5.69. The van der Waals surface area contributed by atoms with Gasteiger partial charge in [0.15, 0.2) is 0 Å². The molecule has 1 fully saturated rings. The van der Waals surface area contributed by atoms with Crippen LogP contribution in [0.1, 0.15) is 31.1 Å². The summed E-state index contributed by atoms with van der Waals surface area (Å²) in [4.78, 5) is 42.7. The summed E-state index contributed by atoms with van der Waals surface area (Å²) in [5.74, 6) is -0.769. The van der Waals surface area contributed by atoms with Crippen molar-refractivity contribution in [3.8, 4) is 5.75 Å². The maximum absolute atomic E-state index is 13.3. The van der Waals surface area contributed by atoms with Crippen molar-refractivity contribution >= 4 is 29.1 Å². The van der Waals surface area contributed by atoms with Crippen molar-refractivity contribution in [2.24, 2.45) is 5.92 Å². The lowest BCUT2D eigenvalue weighted by Crippen LogP contribution is -2.52. The molecule has 1 aliphatic rings. The van der Waals surface area contributed by atoms with Gasteiger partial charge in [-0.25, -0.2) is 0 Å². The lowest BCUT2D eigenvalue weighted by atomic mass is 10.0. The monoisotopic (exact) mass is 496 g/mol. The topological polar surface area (TPSA) is 100 Å². The van der Waals surface area contributed by atoms with Gasteiger partial charge >= 0.3 is 0 Å². The number of para-hydroxylation sites is 1. The number of morpholine rings is 1. The Morgan fingerprint density at radius 2 is 1.72 bits per heavy atom. The predicted molar refractivity (Wildman–Crippen MR) is 139 cm³/mol. The number of ether oxygens (including phenoxy) is 2. The third kappa shape index (κ3) is 6.97. The molecule has 0 radical (unpaired) electrons. The van der Waals surface area contributed by atoms with Gasteiger partial charge in [-0.1, -0.05) is 26.0 Å². The molecule has 1 saturated heterocycles. The van der Waals surface area contributed by atoms with Crippen LogP contribution in [-0.2, 0) is 14.3 Å². The Morgan fingerprint density at radius 1 is 1.06 bits per heavy atom. The smallest absolute Gasteiger partial charge is 0.255 e. The molecule has 194 valence electrons. The van der Waals surface area contributed by atoms with E-state index in [1.54, 1.807) is 24.3 Å². The van der Waals surface area contributed by atoms with Gasteiger partial charge in [-0.3, -0.25) is 14.4 Å². The van der Waals surface area contributed by atoms with Crippen LogP contribution in [0.3, 0.4) is 0 Å². The van der Waals surface area contributed by atoms with Crippen molar-refractivity contribution in [2.75, 3.05) is 56.7 Å². The molecular formula is C27H36N4O5. The van der Waals surface area contributed by atoms with Gasteiger partial charge < -0.3 is 29.9 Å². The number of likely N-dealkylation sites (N-methyl/N-ethyl adjacent to an activating group) is 1. The molecule has 0 saturated carbocycles. The van der Waals surface area contributed by atoms with E-state index in [4.69, 9.17) is 9.47 Å². The van der Waals surface area contributed by atoms with Gasteiger partial charge in [0, 0.05) is 31.0 Å². The number of amides is 3. The van der Waals surface area contributed by atoms with Crippen LogP contribution in [0.2, 0.25) is 0 Å². The van der Waals surface area contributed by atoms with E-state index >= 15 is 0 Å². The fourth-order valence-corrected chi connectivity index (χ4v) is 4.06. The average Bonchev–Trinajstić information content (AvgIpc) is 2.90. The SMILES string of the molecule is CCN(CC(=O)Nc1ccc(N2CCOCC2)cc1)C(=O)C(NC(=O)c1ccccc1OC)C(C)C. The fourth-order valence-electron chi connectivity index (χ4n) is 4.06. The Morgan fingerprint density at radius 3 is 2.33 bits per heavy atom. The van der Waals surface area contributed by atoms with Crippen LogP contribution < -0.4 is 20.3 Å². The summed E-state index contributed by atoms with van der Waals surface area (Å²) in [5.41, 5.74) is 2.08. The number of benzene rings is 2. The van der Waals surface area contributed by atoms with Crippen LogP contribution in [0.5, 0.6) is 5.75 Å². The van der Waals surface area contributed by atoms with Crippen molar-refractivity contribution in [3.63, 3.8) is 0 Å². The number of hydrogen-bond acceptors (Lipinski definition) is 6. The average molecular weight is 497 g/mol. The molecule has 2 aromatic carbocycles. The highest BCUT2D eigenvalue weighted by Crippen LogP contribution is 2.20. The fraction of sp³-hybridized carbons (Fsp3) is 0.444. The highest BCUT2D eigenvalue weighted by molar-refractivity contribution is 6.00. The summed E-state index contributed by atoms with van der Waals surface area (Å²) in [6.45, 7) is 8.82. The van der Waals surface area contributed by atoms with Gasteiger partial charge in [-0.2, -0.15) is 0 Å². The second-order valence-electron chi connectivity index (χ2n) is 8.94. The highest BCUT2D eigenvalue weighted by Gasteiger charge is 2.30. The zero-order chi connectivity index (χ0) is 26.1. The third-order valence-corrected chi connectivity index (χ3v) is 6.13. The van der Waals surface area contributed by atoms with E-state index in [-0.39, 0.29) is 24.3 Å². The second-order valence-corrected chi connectivity index (χ2v) is 8.94. The maximum Gasteiger partial charge on any atom is 0.255 e. The molecule has 0 aliphatic carbocycles. The minimum absolute atomic E-state index is 0.117. The lowest BCUT2D eigenvalue weighted by molar-refractivity contribution is -0.137. The summed E-state index contributed by atoms with van der Waals surface area (Å²) in [7, 11) is 1.49. The first kappa shape index (κ1) is 27.0. The Hall–Kier alpha value is -3.59. The summed E-state index contributed by atoms with van der Waals surface area (Å²) < 4.78 is 10.7. The number of methoxy groups -OCH3 is 1. The third-order valence-electron chi connectivity index (χ3n) is 6.13. The van der Waals surface area contributed by atoms with Crippen LogP contribution >= 0.6 is 0 Å². The number of carbonyl (C=O) groups is 3. The molecule has 0 spiro atoms. The zero-order valence-corrected chi connectivity index (χ0v) is 21.5. The molecule has 9 heteroatoms. The molecule has 1 atom stereocenters. The summed E-state index contributed by atoms with van der Waals surface area (Å²) in [6.07, 6.45) is 0. The van der Waals surface area contributed by atoms with Gasteiger partial charge in [-0.05, 0) is 49.2 Å². The van der Waals surface area contributed by atoms with E-state index in [9.17, 15) is 14.4 Å². The van der Waals surface area contributed by atoms with E-state index in [1.807, 2.05) is 45.0 Å². The van der Waals surface area contributed by atoms with Crippen molar-refractivity contribution in [1.82, 2.24) is 10.2 Å². The number of nitrogens with zero attached hydrogens (tertiary/aromatic N) is 2. The van der Waals surface area contributed by atoms with Gasteiger partial charge in [0.2, 0.25) is 11.8 Å². The second kappa shape index (κ2) is 12.9. The normalized spacial score (nSPS) is 14.2. The molecule has 3 amide bonds. The maximum atomic E-state index is 13.3. The largest absolute Gasteiger partial charge is 0.496 e. The quantitative estimate of drug-likeness (QED) is 0.525. The number of nitrogens with one attached hydrogen (secondary N) is 2. The number of hydrogen-bond donors (Lipinski definition) is 2. The van der Waals surface area contributed by atoms with Crippen LogP contribution in [0, 0.1) is 5.92 Å². The zero-order valence-electron chi connectivity index (χ0n) is 21.5. The minimum atomic E-state index is -0.789. The molecule has 1 aliphatic heterocycles. The standard InChI is InChI=1S/C27H36N4O5/c1-5-30(18-24(32)28-20-10-12-21(13-11-20)31-14-16-36-17-15-31)27(34)25(19(2)3)29-26(33)22-8-6-7-9-23(22)35-4/h6-13,19,25H,5,14-18H2,1-4H3,(H,28,32)(H,29,33). The van der Waals surface area contributed by atoms with E-state index in [0.29, 0.717) is 36.8 Å². The van der Waals surface area contributed by atoms with E-state index in [2.05, 4.69) is 15.5 Å². The molecule has 2 N–H and O–H groups in total. The van der Waals surface area contributed by atoms with Crippen molar-refractivity contribution in [3.05, 3.63) is 54.1 Å². The molecule has 1 unspecified atom stereocenters. The van der Waals surface area contributed by atoms with E-state index in [0.717, 1.165) is 18.8 Å². The Labute approximate surface area is 212 Å². The Bertz CT molecular complexity index is 1030. The number of rotatable bonds is 10. The lowest BCUT2D eigenvalue weighted by Gasteiger charge is -2.29. The molecule has 2 aromatic rings. The molecule has 0 bridgehead atoms. The molecular weight excluding hydrogens is 460 g/mol. The molecule has 3 rings (SSSR count). The molecule has 36 heavy (non-hydrogen) atoms. The first-order chi connectivity index (χ1) is 17.3.